The number of methoxy groups -OCH3 is 1. The molecular weight excluding hydrogens is 302 g/mol. The van der Waals surface area contributed by atoms with Gasteiger partial charge in [0.2, 0.25) is 5.82 Å². The van der Waals surface area contributed by atoms with Crippen molar-refractivity contribution in [1.29, 1.82) is 0 Å². The van der Waals surface area contributed by atoms with E-state index in [0.717, 1.165) is 19.5 Å². The number of hydrogen-bond acceptors (Lipinski definition) is 3. The maximum Gasteiger partial charge on any atom is 0.256 e. The van der Waals surface area contributed by atoms with Crippen LogP contribution in [-0.4, -0.2) is 55.0 Å². The predicted octanol–water partition coefficient (Wildman–Crippen LogP) is 2.67. The molecule has 0 aromatic heterocycles. The average Bonchev–Trinajstić information content (AvgIpc) is 3.07. The third kappa shape index (κ3) is 3.17. The summed E-state index contributed by atoms with van der Waals surface area (Å²) < 4.78 is 32.6. The Morgan fingerprint density at radius 1 is 1.13 bits per heavy atom. The number of piperidine rings is 1. The van der Waals surface area contributed by atoms with Gasteiger partial charge in [0.25, 0.3) is 5.91 Å². The molecule has 1 amide bonds. The minimum Gasteiger partial charge on any atom is -0.494 e. The number of halogens is 2. The molecule has 4 nitrogen and oxygen atoms in total. The molecule has 0 N–H and O–H groups in total. The van der Waals surface area contributed by atoms with Crippen molar-refractivity contribution < 1.29 is 18.3 Å². The fourth-order valence-corrected chi connectivity index (χ4v) is 3.53. The van der Waals surface area contributed by atoms with Crippen LogP contribution in [0, 0.1) is 11.6 Å². The number of rotatable bonds is 3. The van der Waals surface area contributed by atoms with Crippen LogP contribution in [0.15, 0.2) is 12.1 Å². The van der Waals surface area contributed by atoms with Crippen LogP contribution in [0.25, 0.3) is 0 Å². The highest BCUT2D eigenvalue weighted by molar-refractivity contribution is 5.95. The molecule has 23 heavy (non-hydrogen) atoms. The van der Waals surface area contributed by atoms with Crippen LogP contribution in [0.3, 0.4) is 0 Å². The van der Waals surface area contributed by atoms with Crippen LogP contribution in [0.5, 0.6) is 5.75 Å². The van der Waals surface area contributed by atoms with Crippen molar-refractivity contribution in [3.8, 4) is 5.75 Å². The van der Waals surface area contributed by atoms with Crippen molar-refractivity contribution in [2.45, 2.75) is 31.7 Å². The molecule has 0 unspecified atom stereocenters. The first-order valence-corrected chi connectivity index (χ1v) is 8.17. The first kappa shape index (κ1) is 16.2. The summed E-state index contributed by atoms with van der Waals surface area (Å²) in [6.45, 7) is 3.31. The topological polar surface area (TPSA) is 32.8 Å². The number of amides is 1. The molecule has 2 fully saturated rings. The Kier molecular flexibility index (Phi) is 4.80. The predicted molar refractivity (Wildman–Crippen MR) is 82.6 cm³/mol. The Morgan fingerprint density at radius 2 is 1.87 bits per heavy atom. The maximum atomic E-state index is 14.1. The van der Waals surface area contributed by atoms with Crippen molar-refractivity contribution in [3.05, 3.63) is 29.3 Å². The van der Waals surface area contributed by atoms with E-state index in [2.05, 4.69) is 4.90 Å². The second-order valence-corrected chi connectivity index (χ2v) is 6.23. The van der Waals surface area contributed by atoms with Gasteiger partial charge >= 0.3 is 0 Å². The number of likely N-dealkylation sites (tertiary alicyclic amines) is 2. The summed E-state index contributed by atoms with van der Waals surface area (Å²) in [7, 11) is 1.27. The lowest BCUT2D eigenvalue weighted by Gasteiger charge is -2.32. The average molecular weight is 324 g/mol. The maximum absolute atomic E-state index is 14.1. The second kappa shape index (κ2) is 6.83. The van der Waals surface area contributed by atoms with E-state index in [1.54, 1.807) is 4.90 Å². The van der Waals surface area contributed by atoms with Crippen LogP contribution < -0.4 is 4.74 Å². The van der Waals surface area contributed by atoms with Crippen molar-refractivity contribution in [2.24, 2.45) is 0 Å². The Morgan fingerprint density at radius 3 is 2.57 bits per heavy atom. The molecule has 1 atom stereocenters. The van der Waals surface area contributed by atoms with Crippen molar-refractivity contribution >= 4 is 5.91 Å². The molecule has 3 rings (SSSR count). The summed E-state index contributed by atoms with van der Waals surface area (Å²) in [4.78, 5) is 16.6. The normalized spacial score (nSPS) is 22.4. The van der Waals surface area contributed by atoms with Gasteiger partial charge in [-0.3, -0.25) is 9.69 Å². The van der Waals surface area contributed by atoms with Crippen LogP contribution in [0.4, 0.5) is 8.78 Å². The van der Waals surface area contributed by atoms with E-state index in [1.165, 1.54) is 38.5 Å². The molecule has 2 saturated heterocycles. The van der Waals surface area contributed by atoms with E-state index < -0.39 is 17.5 Å². The number of nitrogens with zero attached hydrogens (tertiary/aromatic N) is 2. The Balaban J connectivity index is 1.70. The van der Waals surface area contributed by atoms with Crippen LogP contribution >= 0.6 is 0 Å². The molecule has 0 saturated carbocycles. The second-order valence-electron chi connectivity index (χ2n) is 6.23. The molecule has 0 spiro atoms. The smallest absolute Gasteiger partial charge is 0.256 e. The monoisotopic (exact) mass is 324 g/mol. The summed E-state index contributed by atoms with van der Waals surface area (Å²) in [5, 5.41) is 0. The van der Waals surface area contributed by atoms with Gasteiger partial charge in [-0.2, -0.15) is 4.39 Å². The molecule has 126 valence electrons. The zero-order valence-electron chi connectivity index (χ0n) is 13.4. The summed E-state index contributed by atoms with van der Waals surface area (Å²) in [6.07, 6.45) is 4.56. The minimum absolute atomic E-state index is 0.188. The van der Waals surface area contributed by atoms with Gasteiger partial charge in [-0.05, 0) is 44.5 Å². The van der Waals surface area contributed by atoms with Crippen molar-refractivity contribution in [2.75, 3.05) is 33.3 Å². The number of ether oxygens (including phenoxy) is 1. The van der Waals surface area contributed by atoms with Gasteiger partial charge in [0.1, 0.15) is 0 Å². The molecule has 0 aliphatic carbocycles. The third-order valence-corrected chi connectivity index (χ3v) is 4.85. The highest BCUT2D eigenvalue weighted by Gasteiger charge is 2.33. The van der Waals surface area contributed by atoms with E-state index in [-0.39, 0.29) is 11.3 Å². The summed E-state index contributed by atoms with van der Waals surface area (Å²) >= 11 is 0. The van der Waals surface area contributed by atoms with Gasteiger partial charge in [0, 0.05) is 19.1 Å². The van der Waals surface area contributed by atoms with E-state index in [4.69, 9.17) is 4.74 Å². The lowest BCUT2D eigenvalue weighted by molar-refractivity contribution is 0.0765. The summed E-state index contributed by atoms with van der Waals surface area (Å²) in [5.74, 6) is -2.86. The van der Waals surface area contributed by atoms with Gasteiger partial charge < -0.3 is 9.64 Å². The Labute approximate surface area is 135 Å². The molecule has 1 aromatic carbocycles. The van der Waals surface area contributed by atoms with E-state index in [1.807, 2.05) is 0 Å². The molecule has 2 heterocycles. The van der Waals surface area contributed by atoms with Gasteiger partial charge in [-0.1, -0.05) is 6.42 Å². The van der Waals surface area contributed by atoms with Gasteiger partial charge in [0.05, 0.1) is 12.7 Å². The minimum atomic E-state index is -1.13. The fraction of sp³-hybridized carbons (Fsp3) is 0.588. The largest absolute Gasteiger partial charge is 0.494 e. The Hall–Kier alpha value is -1.69. The summed E-state index contributed by atoms with van der Waals surface area (Å²) in [5.41, 5.74) is -0.220. The van der Waals surface area contributed by atoms with Crippen LogP contribution in [0.1, 0.15) is 36.0 Å². The molecule has 2 aliphatic rings. The van der Waals surface area contributed by atoms with E-state index in [0.29, 0.717) is 19.1 Å². The summed E-state index contributed by atoms with van der Waals surface area (Å²) in [6, 6.07) is 2.93. The number of hydrogen-bond donors (Lipinski definition) is 0. The lowest BCUT2D eigenvalue weighted by Crippen LogP contribution is -2.41. The molecule has 6 heteroatoms. The quantitative estimate of drug-likeness (QED) is 0.857. The van der Waals surface area contributed by atoms with Crippen LogP contribution in [-0.2, 0) is 0 Å². The molecule has 0 bridgehead atoms. The SMILES string of the molecule is COc1ccc(C(=O)N2CC[C@@H](N3CCCCC3)C2)c(F)c1F. The molecular formula is C17H22F2N2O2. The number of carbonyl (C=O) groups is 1. The van der Waals surface area contributed by atoms with Crippen LogP contribution in [0.2, 0.25) is 0 Å². The highest BCUT2D eigenvalue weighted by atomic mass is 19.2. The third-order valence-electron chi connectivity index (χ3n) is 4.85. The Bertz CT molecular complexity index is 588. The zero-order valence-corrected chi connectivity index (χ0v) is 13.4. The zero-order chi connectivity index (χ0) is 16.4. The standard InChI is InChI=1S/C17H22F2N2O2/c1-23-14-6-5-13(15(18)16(14)19)17(22)21-10-7-12(11-21)20-8-3-2-4-9-20/h5-6,12H,2-4,7-11H2,1H3/t12-/m1/s1. The van der Waals surface area contributed by atoms with Gasteiger partial charge in [-0.25, -0.2) is 4.39 Å². The lowest BCUT2D eigenvalue weighted by atomic mass is 10.1. The van der Waals surface area contributed by atoms with Gasteiger partial charge in [0.15, 0.2) is 11.6 Å². The van der Waals surface area contributed by atoms with E-state index >= 15 is 0 Å². The fourth-order valence-electron chi connectivity index (χ4n) is 3.53. The van der Waals surface area contributed by atoms with Crippen molar-refractivity contribution in [1.82, 2.24) is 9.80 Å². The number of carbonyl (C=O) groups excluding carboxylic acids is 1. The highest BCUT2D eigenvalue weighted by Crippen LogP contribution is 2.26. The number of benzene rings is 1. The molecule has 1 aromatic rings. The van der Waals surface area contributed by atoms with Gasteiger partial charge in [-0.15, -0.1) is 0 Å². The van der Waals surface area contributed by atoms with Crippen molar-refractivity contribution in [3.63, 3.8) is 0 Å². The first-order valence-electron chi connectivity index (χ1n) is 8.17. The molecule has 0 radical (unpaired) electrons. The molecule has 2 aliphatic heterocycles. The first-order chi connectivity index (χ1) is 11.1. The van der Waals surface area contributed by atoms with E-state index in [9.17, 15) is 13.6 Å².